The largest absolute Gasteiger partial charge is 0.507 e. The van der Waals surface area contributed by atoms with Crippen molar-refractivity contribution >= 4 is 5.97 Å². The fourth-order valence-corrected chi connectivity index (χ4v) is 1.27. The summed E-state index contributed by atoms with van der Waals surface area (Å²) in [6.07, 6.45) is 7.50. The number of carbonyl (C=O) groups is 1. The maximum Gasteiger partial charge on any atom is 0.341 e. The van der Waals surface area contributed by atoms with Gasteiger partial charge in [-0.05, 0) is 31.2 Å². The van der Waals surface area contributed by atoms with E-state index in [9.17, 15) is 9.90 Å². The minimum atomic E-state index is -0.595. The van der Waals surface area contributed by atoms with Gasteiger partial charge in [0.25, 0.3) is 0 Å². The molecule has 96 valence electrons. The number of phenolic OH excluding ortho intramolecular Hbond substituents is 1. The van der Waals surface area contributed by atoms with Crippen molar-refractivity contribution < 1.29 is 19.4 Å². The van der Waals surface area contributed by atoms with Crippen molar-refractivity contribution in [2.75, 3.05) is 13.7 Å². The van der Waals surface area contributed by atoms with Crippen LogP contribution in [0, 0.1) is 0 Å². The molecular formula is C14H16O4. The Morgan fingerprint density at radius 2 is 2.17 bits per heavy atom. The molecule has 0 saturated carbocycles. The molecule has 0 atom stereocenters. The third kappa shape index (κ3) is 3.97. The topological polar surface area (TPSA) is 55.8 Å². The molecule has 0 bridgehead atoms. The molecule has 1 rings (SSSR count). The number of aromatic hydroxyl groups is 1. The molecule has 0 aliphatic carbocycles. The van der Waals surface area contributed by atoms with Gasteiger partial charge in [0.05, 0.1) is 7.11 Å². The minimum Gasteiger partial charge on any atom is -0.507 e. The monoisotopic (exact) mass is 248 g/mol. The van der Waals surface area contributed by atoms with Crippen molar-refractivity contribution in [1.82, 2.24) is 0 Å². The molecule has 4 heteroatoms. The maximum atomic E-state index is 11.3. The van der Waals surface area contributed by atoms with Gasteiger partial charge in [-0.2, -0.15) is 0 Å². The first-order valence-corrected chi connectivity index (χ1v) is 5.51. The summed E-state index contributed by atoms with van der Waals surface area (Å²) in [6, 6.07) is 4.44. The first-order valence-electron chi connectivity index (χ1n) is 5.51. The fourth-order valence-electron chi connectivity index (χ4n) is 1.27. The lowest BCUT2D eigenvalue weighted by molar-refractivity contribution is 0.0597. The molecular weight excluding hydrogens is 232 g/mol. The van der Waals surface area contributed by atoms with Gasteiger partial charge < -0.3 is 14.6 Å². The van der Waals surface area contributed by atoms with Gasteiger partial charge in [0.15, 0.2) is 0 Å². The van der Waals surface area contributed by atoms with Crippen LogP contribution in [0.5, 0.6) is 11.5 Å². The number of ether oxygens (including phenoxy) is 2. The molecule has 0 heterocycles. The third-order valence-electron chi connectivity index (χ3n) is 2.16. The lowest BCUT2D eigenvalue weighted by Crippen LogP contribution is -2.02. The van der Waals surface area contributed by atoms with Gasteiger partial charge in [0.1, 0.15) is 23.7 Å². The van der Waals surface area contributed by atoms with Gasteiger partial charge in [-0.25, -0.2) is 4.79 Å². The molecule has 0 aliphatic rings. The first kappa shape index (κ1) is 13.8. The number of benzene rings is 1. The van der Waals surface area contributed by atoms with Gasteiger partial charge in [-0.3, -0.25) is 0 Å². The Labute approximate surface area is 106 Å². The summed E-state index contributed by atoms with van der Waals surface area (Å²) in [5, 5.41) is 9.50. The van der Waals surface area contributed by atoms with E-state index < -0.39 is 5.97 Å². The molecule has 4 nitrogen and oxygen atoms in total. The summed E-state index contributed by atoms with van der Waals surface area (Å²) in [5.41, 5.74) is 0.0902. The highest BCUT2D eigenvalue weighted by atomic mass is 16.5. The number of hydrogen-bond acceptors (Lipinski definition) is 4. The Bertz CT molecular complexity index is 461. The van der Waals surface area contributed by atoms with Crippen LogP contribution in [0.1, 0.15) is 17.3 Å². The summed E-state index contributed by atoms with van der Waals surface area (Å²) in [4.78, 5) is 11.3. The summed E-state index contributed by atoms with van der Waals surface area (Å²) < 4.78 is 9.96. The molecule has 0 amide bonds. The van der Waals surface area contributed by atoms with Crippen LogP contribution in [0.3, 0.4) is 0 Å². The molecule has 0 unspecified atom stereocenters. The van der Waals surface area contributed by atoms with Gasteiger partial charge in [0, 0.05) is 0 Å². The highest BCUT2D eigenvalue weighted by molar-refractivity contribution is 5.92. The van der Waals surface area contributed by atoms with E-state index in [0.29, 0.717) is 12.4 Å². The summed E-state index contributed by atoms with van der Waals surface area (Å²) in [5.74, 6) is -0.223. The van der Waals surface area contributed by atoms with Crippen molar-refractivity contribution in [3.05, 3.63) is 48.1 Å². The van der Waals surface area contributed by atoms with Crippen molar-refractivity contribution in [3.63, 3.8) is 0 Å². The van der Waals surface area contributed by atoms with Crippen LogP contribution in [0.2, 0.25) is 0 Å². The third-order valence-corrected chi connectivity index (χ3v) is 2.16. The van der Waals surface area contributed by atoms with Crippen molar-refractivity contribution in [2.45, 2.75) is 6.92 Å². The van der Waals surface area contributed by atoms with Crippen LogP contribution in [0.25, 0.3) is 0 Å². The number of rotatable bonds is 5. The molecule has 0 aliphatic heterocycles. The van der Waals surface area contributed by atoms with E-state index in [1.54, 1.807) is 6.07 Å². The molecule has 0 saturated heterocycles. The van der Waals surface area contributed by atoms with Crippen LogP contribution < -0.4 is 4.74 Å². The Balaban J connectivity index is 2.70. The predicted molar refractivity (Wildman–Crippen MR) is 68.9 cm³/mol. The number of methoxy groups -OCH3 is 1. The van der Waals surface area contributed by atoms with Crippen molar-refractivity contribution in [2.24, 2.45) is 0 Å². The smallest absolute Gasteiger partial charge is 0.341 e. The molecule has 0 spiro atoms. The van der Waals surface area contributed by atoms with Crippen LogP contribution in [-0.4, -0.2) is 24.8 Å². The summed E-state index contributed by atoms with van der Waals surface area (Å²) in [7, 11) is 1.26. The number of allylic oxidation sites excluding steroid dienone is 3. The van der Waals surface area contributed by atoms with Crippen molar-refractivity contribution in [3.8, 4) is 11.5 Å². The molecule has 0 radical (unpaired) electrons. The molecule has 0 fully saturated rings. The molecule has 18 heavy (non-hydrogen) atoms. The lowest BCUT2D eigenvalue weighted by atomic mass is 10.2. The first-order chi connectivity index (χ1) is 8.69. The normalized spacial score (nSPS) is 11.0. The second kappa shape index (κ2) is 7.17. The SMILES string of the molecule is C/C=C/C=C/COc1ccc(O)c(C(=O)OC)c1. The zero-order valence-electron chi connectivity index (χ0n) is 10.4. The molecule has 1 N–H and O–H groups in total. The van der Waals surface area contributed by atoms with E-state index in [4.69, 9.17) is 4.74 Å². The second-order valence-corrected chi connectivity index (χ2v) is 3.44. The number of esters is 1. The van der Waals surface area contributed by atoms with Crippen LogP contribution in [-0.2, 0) is 4.74 Å². The number of phenols is 1. The summed E-state index contributed by atoms with van der Waals surface area (Å²) >= 11 is 0. The van der Waals surface area contributed by atoms with Crippen LogP contribution >= 0.6 is 0 Å². The van der Waals surface area contributed by atoms with E-state index in [1.807, 2.05) is 31.2 Å². The summed E-state index contributed by atoms with van der Waals surface area (Å²) in [6.45, 7) is 2.31. The molecule has 1 aromatic rings. The zero-order valence-corrected chi connectivity index (χ0v) is 10.4. The van der Waals surface area contributed by atoms with E-state index in [0.717, 1.165) is 0 Å². The van der Waals surface area contributed by atoms with Crippen LogP contribution in [0.4, 0.5) is 0 Å². The van der Waals surface area contributed by atoms with Crippen LogP contribution in [0.15, 0.2) is 42.5 Å². The Hall–Kier alpha value is -2.23. The zero-order chi connectivity index (χ0) is 13.4. The number of hydrogen-bond donors (Lipinski definition) is 1. The standard InChI is InChI=1S/C14H16O4/c1-3-4-5-6-9-18-11-7-8-13(15)12(10-11)14(16)17-2/h3-8,10,15H,9H2,1-2H3/b4-3+,6-5+. The Morgan fingerprint density at radius 3 is 2.83 bits per heavy atom. The lowest BCUT2D eigenvalue weighted by Gasteiger charge is -2.06. The Kier molecular flexibility index (Phi) is 5.51. The second-order valence-electron chi connectivity index (χ2n) is 3.44. The number of carbonyl (C=O) groups excluding carboxylic acids is 1. The fraction of sp³-hybridized carbons (Fsp3) is 0.214. The van der Waals surface area contributed by atoms with E-state index >= 15 is 0 Å². The van der Waals surface area contributed by atoms with Gasteiger partial charge >= 0.3 is 5.97 Å². The van der Waals surface area contributed by atoms with Crippen molar-refractivity contribution in [1.29, 1.82) is 0 Å². The average molecular weight is 248 g/mol. The van der Waals surface area contributed by atoms with E-state index in [1.165, 1.54) is 19.2 Å². The molecule has 0 aromatic heterocycles. The quantitative estimate of drug-likeness (QED) is 0.643. The highest BCUT2D eigenvalue weighted by Gasteiger charge is 2.12. The Morgan fingerprint density at radius 1 is 1.39 bits per heavy atom. The predicted octanol–water partition coefficient (Wildman–Crippen LogP) is 2.69. The molecule has 1 aromatic carbocycles. The maximum absolute atomic E-state index is 11.3. The minimum absolute atomic E-state index is 0.0902. The van der Waals surface area contributed by atoms with E-state index in [2.05, 4.69) is 4.74 Å². The van der Waals surface area contributed by atoms with Gasteiger partial charge in [-0.15, -0.1) is 0 Å². The van der Waals surface area contributed by atoms with Gasteiger partial charge in [0.2, 0.25) is 0 Å². The van der Waals surface area contributed by atoms with E-state index in [-0.39, 0.29) is 11.3 Å². The average Bonchev–Trinajstić information content (AvgIpc) is 2.39. The van der Waals surface area contributed by atoms with Gasteiger partial charge in [-0.1, -0.05) is 18.2 Å². The highest BCUT2D eigenvalue weighted by Crippen LogP contribution is 2.23.